The smallest absolute Gasteiger partial charge is 0.000585 e. The Bertz CT molecular complexity index is 6.00. The zero-order chi connectivity index (χ0) is 4.00. The maximum atomic E-state index is 2.15. The maximum absolute atomic E-state index is 2.15. The second kappa shape index (κ2) is 38.2. The molecule has 0 spiro atoms. The molecule has 0 aliphatic carbocycles. The molecule has 0 rings (SSSR count). The van der Waals surface area contributed by atoms with E-state index in [0.717, 1.165) is 0 Å². The predicted octanol–water partition coefficient (Wildman–Crippen LogP) is 0.451. The van der Waals surface area contributed by atoms with Crippen molar-refractivity contribution in [2.45, 2.75) is 6.55 Å². The number of halogens is 1. The van der Waals surface area contributed by atoms with Crippen LogP contribution in [0.5, 0.6) is 0 Å². The Balaban J connectivity index is 0. The van der Waals surface area contributed by atoms with Gasteiger partial charge in [-0.2, -0.15) is 0 Å². The molecule has 0 amide bonds. The molecule has 0 atom stereocenters. The van der Waals surface area contributed by atoms with Crippen LogP contribution in [-0.2, 0) is 0 Å². The molecule has 0 radical (unpaired) electrons. The maximum Gasteiger partial charge on any atom is -0.000585 e. The molecule has 2 heteroatoms. The first-order chi connectivity index (χ1) is 2.00. The Kier molecular flexibility index (Phi) is 84.8. The fourth-order valence-corrected chi connectivity index (χ4v) is 0. The van der Waals surface area contributed by atoms with E-state index in [0.29, 0.717) is 0 Å². The van der Waals surface area contributed by atoms with Crippen LogP contribution < -0.4 is 0 Å². The van der Waals surface area contributed by atoms with Gasteiger partial charge < -0.3 is 0 Å². The van der Waals surface area contributed by atoms with Crippen molar-refractivity contribution in [1.29, 1.82) is 0 Å². The van der Waals surface area contributed by atoms with Gasteiger partial charge in [-0.15, -0.1) is 0 Å². The molecule has 0 nitrogen and oxygen atoms in total. The minimum atomic E-state index is 1.31. The molecular formula is C2H9ISi. The third kappa shape index (κ3) is 12.5. The summed E-state index contributed by atoms with van der Waals surface area (Å²) in [6.45, 7) is 2.14. The van der Waals surface area contributed by atoms with Crippen LogP contribution in [0, 0.1) is 0 Å². The SMILES string of the molecule is CI.C[SiH3]. The van der Waals surface area contributed by atoms with E-state index in [2.05, 4.69) is 29.1 Å². The van der Waals surface area contributed by atoms with E-state index in [1.165, 1.54) is 10.2 Å². The van der Waals surface area contributed by atoms with Crippen molar-refractivity contribution in [3.63, 3.8) is 0 Å². The van der Waals surface area contributed by atoms with Gasteiger partial charge in [-0.3, -0.25) is 0 Å². The Morgan fingerprint density at radius 2 is 1.25 bits per heavy atom. The van der Waals surface area contributed by atoms with Crippen molar-refractivity contribution < 1.29 is 0 Å². The quantitative estimate of drug-likeness (QED) is 0.294. The molecule has 4 heavy (non-hydrogen) atoms. The molecule has 0 saturated carbocycles. The third-order valence-electron chi connectivity index (χ3n) is 0. The first kappa shape index (κ1) is 8.87. The largest absolute Gasteiger partial charge is 0.0901 e. The number of hydrogen-bond donors (Lipinski definition) is 0. The standard InChI is InChI=1S/CH3I.CH6Si/c2*1-2/h1H3;1-2H3. The monoisotopic (exact) mass is 188 g/mol. The van der Waals surface area contributed by atoms with Gasteiger partial charge in [-0.05, 0) is 15.2 Å². The fraction of sp³-hybridized carbons (Fsp3) is 1.00. The predicted molar refractivity (Wildman–Crippen MR) is 35.7 cm³/mol. The van der Waals surface area contributed by atoms with Gasteiger partial charge in [0.2, 0.25) is 0 Å². The summed E-state index contributed by atoms with van der Waals surface area (Å²) < 4.78 is 0. The van der Waals surface area contributed by atoms with Crippen molar-refractivity contribution in [1.82, 2.24) is 0 Å². The van der Waals surface area contributed by atoms with Crippen LogP contribution in [0.15, 0.2) is 0 Å². The molecule has 0 aromatic rings. The van der Waals surface area contributed by atoms with Crippen molar-refractivity contribution >= 4 is 32.8 Å². The van der Waals surface area contributed by atoms with Gasteiger partial charge in [0.25, 0.3) is 0 Å². The van der Waals surface area contributed by atoms with Crippen LogP contribution in [0.1, 0.15) is 0 Å². The lowest BCUT2D eigenvalue weighted by atomic mass is 11.9. The Morgan fingerprint density at radius 1 is 1.25 bits per heavy atom. The first-order valence-electron chi connectivity index (χ1n) is 1.38. The molecule has 28 valence electrons. The van der Waals surface area contributed by atoms with Gasteiger partial charge in [0, 0.05) is 0 Å². The summed E-state index contributed by atoms with van der Waals surface area (Å²) in [6, 6.07) is 0. The summed E-state index contributed by atoms with van der Waals surface area (Å²) in [7, 11) is 1.31. The number of hydrogen-bond acceptors (Lipinski definition) is 0. The molecule has 0 aromatic heterocycles. The van der Waals surface area contributed by atoms with Gasteiger partial charge in [-0.1, -0.05) is 29.1 Å². The molecule has 0 aliphatic rings. The second-order valence-corrected chi connectivity index (χ2v) is 0. The zero-order valence-corrected chi connectivity index (χ0v) is 7.54. The lowest BCUT2D eigenvalue weighted by Gasteiger charge is -1.05. The average Bonchev–Trinajstić information content (AvgIpc) is 1.50. The Morgan fingerprint density at radius 3 is 1.25 bits per heavy atom. The molecule has 0 heterocycles. The van der Waals surface area contributed by atoms with Crippen molar-refractivity contribution in [2.24, 2.45) is 0 Å². The zero-order valence-electron chi connectivity index (χ0n) is 3.38. The highest BCUT2D eigenvalue weighted by Gasteiger charge is 0.962. The van der Waals surface area contributed by atoms with Crippen LogP contribution in [0.4, 0.5) is 0 Å². The summed E-state index contributed by atoms with van der Waals surface area (Å²) in [5.41, 5.74) is 0. The molecular weight excluding hydrogens is 179 g/mol. The van der Waals surface area contributed by atoms with Crippen LogP contribution in [0.2, 0.25) is 6.55 Å². The molecule has 0 aromatic carbocycles. The highest BCUT2D eigenvalue weighted by molar-refractivity contribution is 14.1. The first-order valence-corrected chi connectivity index (χ1v) is 5.54. The lowest BCUT2D eigenvalue weighted by molar-refractivity contribution is 2.40. The molecule has 0 fully saturated rings. The summed E-state index contributed by atoms with van der Waals surface area (Å²) >= 11 is 2.15. The van der Waals surface area contributed by atoms with E-state index in [1.54, 1.807) is 0 Å². The third-order valence-corrected chi connectivity index (χ3v) is 0. The summed E-state index contributed by atoms with van der Waals surface area (Å²) in [4.78, 5) is 1.97. The molecule has 0 aliphatic heterocycles. The average molecular weight is 188 g/mol. The van der Waals surface area contributed by atoms with Crippen molar-refractivity contribution in [2.75, 3.05) is 4.93 Å². The van der Waals surface area contributed by atoms with E-state index in [9.17, 15) is 0 Å². The molecule has 0 bridgehead atoms. The van der Waals surface area contributed by atoms with Gasteiger partial charge in [0.05, 0.1) is 0 Å². The highest BCUT2D eigenvalue weighted by atomic mass is 127. The van der Waals surface area contributed by atoms with E-state index >= 15 is 0 Å². The second-order valence-electron chi connectivity index (χ2n) is 0. The van der Waals surface area contributed by atoms with Crippen LogP contribution >= 0.6 is 22.6 Å². The van der Waals surface area contributed by atoms with Gasteiger partial charge in [0.1, 0.15) is 0 Å². The van der Waals surface area contributed by atoms with Crippen LogP contribution in [0.3, 0.4) is 0 Å². The Hall–Kier alpha value is 0.947. The molecule has 0 saturated heterocycles. The van der Waals surface area contributed by atoms with E-state index in [1.807, 2.05) is 4.93 Å². The van der Waals surface area contributed by atoms with Gasteiger partial charge in [-0.25, -0.2) is 0 Å². The summed E-state index contributed by atoms with van der Waals surface area (Å²) in [6.07, 6.45) is 0. The topological polar surface area (TPSA) is 0 Å². The van der Waals surface area contributed by atoms with Crippen molar-refractivity contribution in [3.05, 3.63) is 0 Å². The van der Waals surface area contributed by atoms with E-state index in [4.69, 9.17) is 0 Å². The molecule has 0 N–H and O–H groups in total. The number of rotatable bonds is 0. The van der Waals surface area contributed by atoms with Gasteiger partial charge >= 0.3 is 0 Å². The minimum absolute atomic E-state index is 1.31. The summed E-state index contributed by atoms with van der Waals surface area (Å²) in [5.74, 6) is 0. The van der Waals surface area contributed by atoms with Crippen LogP contribution in [0.25, 0.3) is 0 Å². The lowest BCUT2D eigenvalue weighted by Crippen LogP contribution is -1.13. The molecule has 0 unspecified atom stereocenters. The fourth-order valence-electron chi connectivity index (χ4n) is 0. The summed E-state index contributed by atoms with van der Waals surface area (Å²) in [5, 5.41) is 0. The Labute approximate surface area is 44.5 Å². The van der Waals surface area contributed by atoms with Gasteiger partial charge in [0.15, 0.2) is 0 Å². The van der Waals surface area contributed by atoms with E-state index in [-0.39, 0.29) is 0 Å². The van der Waals surface area contributed by atoms with Crippen LogP contribution in [-0.4, -0.2) is 15.2 Å². The minimum Gasteiger partial charge on any atom is -0.0901 e. The highest BCUT2D eigenvalue weighted by Crippen LogP contribution is 1.48. The van der Waals surface area contributed by atoms with Crippen molar-refractivity contribution in [3.8, 4) is 0 Å². The van der Waals surface area contributed by atoms with E-state index < -0.39 is 0 Å². The number of alkyl halides is 1. The normalized spacial score (nSPS) is 3.75.